The molecule has 0 aromatic carbocycles. The highest BCUT2D eigenvalue weighted by Crippen LogP contribution is 2.38. The number of hydrogen-bond acceptors (Lipinski definition) is 3. The van der Waals surface area contributed by atoms with Crippen LogP contribution in [0.2, 0.25) is 0 Å². The zero-order valence-corrected chi connectivity index (χ0v) is 12.0. The van der Waals surface area contributed by atoms with Gasteiger partial charge >= 0.3 is 0 Å². The Balaban J connectivity index is 2.37. The Bertz CT molecular complexity index is 259. The third-order valence-electron chi connectivity index (χ3n) is 3.94. The minimum absolute atomic E-state index is 0.115. The lowest BCUT2D eigenvalue weighted by atomic mass is 9.70. The summed E-state index contributed by atoms with van der Waals surface area (Å²) >= 11 is 0. The van der Waals surface area contributed by atoms with Gasteiger partial charge in [0.1, 0.15) is 0 Å². The summed E-state index contributed by atoms with van der Waals surface area (Å²) in [5, 5.41) is 2.97. The fraction of sp³-hybridized carbons (Fsp3) is 0.929. The second-order valence-corrected chi connectivity index (χ2v) is 5.84. The summed E-state index contributed by atoms with van der Waals surface area (Å²) in [6.45, 7) is 7.83. The molecule has 0 atom stereocenters. The summed E-state index contributed by atoms with van der Waals surface area (Å²) in [5.74, 6) is 0.839. The molecule has 18 heavy (non-hydrogen) atoms. The van der Waals surface area contributed by atoms with E-state index in [1.54, 1.807) is 0 Å². The quantitative estimate of drug-likeness (QED) is 0.711. The molecular weight excluding hydrogens is 228 g/mol. The Morgan fingerprint density at radius 1 is 1.44 bits per heavy atom. The van der Waals surface area contributed by atoms with Crippen LogP contribution in [0.4, 0.5) is 0 Å². The number of hydrogen-bond donors (Lipinski definition) is 2. The fourth-order valence-electron chi connectivity index (χ4n) is 2.49. The molecule has 3 N–H and O–H groups in total. The summed E-state index contributed by atoms with van der Waals surface area (Å²) < 4.78 is 5.42. The summed E-state index contributed by atoms with van der Waals surface area (Å²) in [6, 6.07) is 0. The maximum absolute atomic E-state index is 12.3. The smallest absolute Gasteiger partial charge is 0.227 e. The average molecular weight is 256 g/mol. The van der Waals surface area contributed by atoms with E-state index >= 15 is 0 Å². The van der Waals surface area contributed by atoms with Crippen molar-refractivity contribution in [1.82, 2.24) is 5.32 Å². The molecule has 0 radical (unpaired) electrons. The van der Waals surface area contributed by atoms with Crippen molar-refractivity contribution in [3.63, 3.8) is 0 Å². The summed E-state index contributed by atoms with van der Waals surface area (Å²) in [4.78, 5) is 12.3. The molecule has 0 aromatic rings. The van der Waals surface area contributed by atoms with Gasteiger partial charge in [-0.1, -0.05) is 6.92 Å². The van der Waals surface area contributed by atoms with Gasteiger partial charge in [0.15, 0.2) is 0 Å². The van der Waals surface area contributed by atoms with E-state index in [2.05, 4.69) is 12.2 Å². The van der Waals surface area contributed by atoms with Crippen molar-refractivity contribution in [2.45, 2.75) is 52.6 Å². The van der Waals surface area contributed by atoms with Crippen LogP contribution >= 0.6 is 0 Å². The number of nitrogens with two attached hydrogens (primary N) is 1. The predicted molar refractivity (Wildman–Crippen MR) is 73.2 cm³/mol. The third kappa shape index (κ3) is 4.25. The zero-order valence-electron chi connectivity index (χ0n) is 12.0. The van der Waals surface area contributed by atoms with Crippen molar-refractivity contribution < 1.29 is 9.53 Å². The van der Waals surface area contributed by atoms with Crippen LogP contribution in [-0.4, -0.2) is 31.7 Å². The van der Waals surface area contributed by atoms with Crippen LogP contribution < -0.4 is 11.1 Å². The first-order chi connectivity index (χ1) is 8.50. The van der Waals surface area contributed by atoms with Gasteiger partial charge in [0.25, 0.3) is 0 Å². The van der Waals surface area contributed by atoms with Gasteiger partial charge in [0.2, 0.25) is 5.91 Å². The molecular formula is C14H28N2O2. The molecule has 1 saturated carbocycles. The largest absolute Gasteiger partial charge is 0.377 e. The van der Waals surface area contributed by atoms with Gasteiger partial charge in [-0.2, -0.15) is 0 Å². The van der Waals surface area contributed by atoms with E-state index in [-0.39, 0.29) is 17.4 Å². The number of amides is 1. The van der Waals surface area contributed by atoms with E-state index in [4.69, 9.17) is 10.5 Å². The van der Waals surface area contributed by atoms with Gasteiger partial charge in [0.05, 0.1) is 18.1 Å². The molecule has 0 bridgehead atoms. The van der Waals surface area contributed by atoms with Gasteiger partial charge in [0, 0.05) is 13.1 Å². The molecule has 0 aromatic heterocycles. The normalized spacial score (nSPS) is 28.4. The number of carbonyl (C=O) groups excluding carboxylic acids is 1. The molecule has 1 aliphatic carbocycles. The number of rotatable bonds is 6. The number of carbonyl (C=O) groups is 1. The Morgan fingerprint density at radius 2 is 2.06 bits per heavy atom. The lowest BCUT2D eigenvalue weighted by molar-refractivity contribution is -0.133. The van der Waals surface area contributed by atoms with Gasteiger partial charge in [-0.25, -0.2) is 0 Å². The lowest BCUT2D eigenvalue weighted by Crippen LogP contribution is -2.48. The SMILES string of the molecule is CC1CCC(CN)(C(=O)NCCOC(C)C)CC1. The molecule has 0 spiro atoms. The molecule has 106 valence electrons. The molecule has 0 saturated heterocycles. The Labute approximate surface area is 111 Å². The van der Waals surface area contributed by atoms with E-state index in [1.165, 1.54) is 0 Å². The van der Waals surface area contributed by atoms with Crippen molar-refractivity contribution in [3.8, 4) is 0 Å². The second kappa shape index (κ2) is 7.10. The molecule has 1 amide bonds. The molecule has 0 unspecified atom stereocenters. The minimum atomic E-state index is -0.329. The van der Waals surface area contributed by atoms with Gasteiger partial charge in [-0.3, -0.25) is 4.79 Å². The standard InChI is InChI=1S/C14H28N2O2/c1-11(2)18-9-8-16-13(17)14(10-15)6-4-12(3)5-7-14/h11-12H,4-10,15H2,1-3H3,(H,16,17). The highest BCUT2D eigenvalue weighted by Gasteiger charge is 2.39. The van der Waals surface area contributed by atoms with Crippen LogP contribution in [0.15, 0.2) is 0 Å². The Morgan fingerprint density at radius 3 is 2.56 bits per heavy atom. The van der Waals surface area contributed by atoms with Crippen molar-refractivity contribution >= 4 is 5.91 Å². The number of ether oxygens (including phenoxy) is 1. The molecule has 1 rings (SSSR count). The molecule has 0 aliphatic heterocycles. The average Bonchev–Trinajstić information content (AvgIpc) is 2.35. The highest BCUT2D eigenvalue weighted by molar-refractivity contribution is 5.83. The van der Waals surface area contributed by atoms with Crippen molar-refractivity contribution in [1.29, 1.82) is 0 Å². The Hall–Kier alpha value is -0.610. The summed E-state index contributed by atoms with van der Waals surface area (Å²) in [5.41, 5.74) is 5.52. The second-order valence-electron chi connectivity index (χ2n) is 5.84. The maximum atomic E-state index is 12.3. The lowest BCUT2D eigenvalue weighted by Gasteiger charge is -2.37. The number of nitrogens with one attached hydrogen (secondary N) is 1. The van der Waals surface area contributed by atoms with Crippen molar-refractivity contribution in [3.05, 3.63) is 0 Å². The zero-order chi connectivity index (χ0) is 13.6. The Kier molecular flexibility index (Phi) is 6.09. The molecule has 4 nitrogen and oxygen atoms in total. The van der Waals surface area contributed by atoms with E-state index < -0.39 is 0 Å². The van der Waals surface area contributed by atoms with Crippen LogP contribution in [0, 0.1) is 11.3 Å². The first-order valence-corrected chi connectivity index (χ1v) is 7.10. The van der Waals surface area contributed by atoms with Crippen molar-refractivity contribution in [2.24, 2.45) is 17.1 Å². The van der Waals surface area contributed by atoms with Crippen LogP contribution in [-0.2, 0) is 9.53 Å². The molecule has 1 fully saturated rings. The first kappa shape index (κ1) is 15.4. The highest BCUT2D eigenvalue weighted by atomic mass is 16.5. The van der Waals surface area contributed by atoms with Crippen LogP contribution in [0.3, 0.4) is 0 Å². The van der Waals surface area contributed by atoms with E-state index in [0.717, 1.165) is 31.6 Å². The predicted octanol–water partition coefficient (Wildman–Crippen LogP) is 1.68. The summed E-state index contributed by atoms with van der Waals surface area (Å²) in [7, 11) is 0. The van der Waals surface area contributed by atoms with E-state index in [9.17, 15) is 4.79 Å². The van der Waals surface area contributed by atoms with Crippen LogP contribution in [0.1, 0.15) is 46.5 Å². The van der Waals surface area contributed by atoms with Crippen LogP contribution in [0.25, 0.3) is 0 Å². The van der Waals surface area contributed by atoms with E-state index in [0.29, 0.717) is 19.7 Å². The van der Waals surface area contributed by atoms with Gasteiger partial charge in [-0.05, 0) is 45.4 Å². The topological polar surface area (TPSA) is 64.4 Å². The molecule has 0 heterocycles. The monoisotopic (exact) mass is 256 g/mol. The van der Waals surface area contributed by atoms with E-state index in [1.807, 2.05) is 13.8 Å². The maximum Gasteiger partial charge on any atom is 0.227 e. The fourth-order valence-corrected chi connectivity index (χ4v) is 2.49. The van der Waals surface area contributed by atoms with Gasteiger partial charge in [-0.15, -0.1) is 0 Å². The summed E-state index contributed by atoms with van der Waals surface area (Å²) in [6.07, 6.45) is 4.25. The minimum Gasteiger partial charge on any atom is -0.377 e. The third-order valence-corrected chi connectivity index (χ3v) is 3.94. The first-order valence-electron chi connectivity index (χ1n) is 7.10. The van der Waals surface area contributed by atoms with Crippen molar-refractivity contribution in [2.75, 3.05) is 19.7 Å². The molecule has 1 aliphatic rings. The van der Waals surface area contributed by atoms with Crippen LogP contribution in [0.5, 0.6) is 0 Å². The molecule has 4 heteroatoms. The van der Waals surface area contributed by atoms with Gasteiger partial charge < -0.3 is 15.8 Å².